The van der Waals surface area contributed by atoms with Crippen LogP contribution in [0.5, 0.6) is 0 Å². The largest absolute Gasteiger partial charge is 0.337 e. The van der Waals surface area contributed by atoms with Gasteiger partial charge in [-0.05, 0) is 28.8 Å². The zero-order valence-corrected chi connectivity index (χ0v) is 21.6. The van der Waals surface area contributed by atoms with Gasteiger partial charge in [0.25, 0.3) is 0 Å². The minimum absolute atomic E-state index is 0.0382. The number of carbonyl (C=O) groups is 1. The summed E-state index contributed by atoms with van der Waals surface area (Å²) in [6.07, 6.45) is 5.90. The van der Waals surface area contributed by atoms with Crippen LogP contribution < -0.4 is 0 Å². The van der Waals surface area contributed by atoms with Crippen molar-refractivity contribution in [1.82, 2.24) is 34.9 Å². The number of halogens is 2. The maximum Gasteiger partial charge on any atom is 0.237 e. The number of aryl methyl sites for hydroxylation is 2. The second-order valence-electron chi connectivity index (χ2n) is 8.51. The molecule has 1 unspecified atom stereocenters. The van der Waals surface area contributed by atoms with Crippen molar-refractivity contribution < 1.29 is 4.79 Å². The molecular weight excluding hydrogens is 530 g/mol. The van der Waals surface area contributed by atoms with Crippen molar-refractivity contribution in [2.45, 2.75) is 5.92 Å². The van der Waals surface area contributed by atoms with Crippen LogP contribution in [-0.4, -0.2) is 59.8 Å². The Hall–Kier alpha value is -3.30. The highest BCUT2D eigenvalue weighted by molar-refractivity contribution is 9.10. The molecule has 3 heterocycles. The number of rotatable bonds is 5. The van der Waals surface area contributed by atoms with Gasteiger partial charge in [0.15, 0.2) is 0 Å². The Morgan fingerprint density at radius 3 is 2.17 bits per heavy atom. The maximum absolute atomic E-state index is 12.5. The summed E-state index contributed by atoms with van der Waals surface area (Å²) in [6, 6.07) is 14.5. The first-order valence-electron chi connectivity index (χ1n) is 11.1. The molecule has 0 radical (unpaired) electrons. The average Bonchev–Trinajstić information content (AvgIpc) is 3.52. The molecule has 2 aromatic carbocycles. The molecule has 4 aromatic rings. The highest BCUT2D eigenvalue weighted by Gasteiger charge is 2.29. The van der Waals surface area contributed by atoms with Gasteiger partial charge in [-0.25, -0.2) is 0 Å². The molecule has 0 N–H and O–H groups in total. The fourth-order valence-corrected chi connectivity index (χ4v) is 5.07. The second-order valence-corrected chi connectivity index (χ2v) is 9.63. The monoisotopic (exact) mass is 551 g/mol. The number of carbonyl (C=O) groups excluding carboxylic acids is 1. The molecule has 0 spiro atoms. The molecule has 178 valence electrons. The highest BCUT2D eigenvalue weighted by atomic mass is 79.9. The molecule has 35 heavy (non-hydrogen) atoms. The molecule has 1 amide bonds. The molecule has 1 aliphatic rings. The van der Waals surface area contributed by atoms with Gasteiger partial charge in [0.1, 0.15) is 17.3 Å². The molecule has 10 heteroatoms. The molecule has 2 aromatic heterocycles. The minimum atomic E-state index is -0.0776. The molecule has 0 saturated heterocycles. The lowest BCUT2D eigenvalue weighted by Gasteiger charge is -2.34. The van der Waals surface area contributed by atoms with Crippen molar-refractivity contribution in [3.63, 3.8) is 0 Å². The van der Waals surface area contributed by atoms with Gasteiger partial charge in [0.05, 0.1) is 12.4 Å². The number of amides is 1. The summed E-state index contributed by atoms with van der Waals surface area (Å²) in [7, 11) is 3.70. The Morgan fingerprint density at radius 1 is 0.971 bits per heavy atom. The standard InChI is InChI=1S/C25H23BrClN7O/c1-32-14-23(28-30-32)17-5-3-16(4-6-17)19-9-10-34(25(35)12-27)13-21(19)20-11-18(7-8-22(20)26)24-15-33(2)31-29-24/h3-9,11,14-15,21H,10,12-13H2,1-2H3. The maximum atomic E-state index is 12.5. The first kappa shape index (κ1) is 23.4. The fraction of sp³-hybridized carbons (Fsp3) is 0.240. The number of nitrogens with zero attached hydrogens (tertiary/aromatic N) is 7. The molecule has 5 rings (SSSR count). The Labute approximate surface area is 216 Å². The third-order valence-electron chi connectivity index (χ3n) is 6.16. The lowest BCUT2D eigenvalue weighted by atomic mass is 9.83. The van der Waals surface area contributed by atoms with Crippen LogP contribution in [0.1, 0.15) is 17.0 Å². The van der Waals surface area contributed by atoms with Crippen LogP contribution in [0.15, 0.2) is 65.4 Å². The van der Waals surface area contributed by atoms with E-state index < -0.39 is 0 Å². The first-order chi connectivity index (χ1) is 16.9. The van der Waals surface area contributed by atoms with E-state index in [4.69, 9.17) is 11.6 Å². The predicted molar refractivity (Wildman–Crippen MR) is 139 cm³/mol. The molecule has 0 saturated carbocycles. The molecule has 1 aliphatic heterocycles. The van der Waals surface area contributed by atoms with Crippen LogP contribution in [0.25, 0.3) is 28.1 Å². The van der Waals surface area contributed by atoms with Crippen LogP contribution in [0, 0.1) is 0 Å². The average molecular weight is 553 g/mol. The first-order valence-corrected chi connectivity index (χ1v) is 12.4. The Morgan fingerprint density at radius 2 is 1.57 bits per heavy atom. The quantitative estimate of drug-likeness (QED) is 0.345. The van der Waals surface area contributed by atoms with Gasteiger partial charge < -0.3 is 4.90 Å². The summed E-state index contributed by atoms with van der Waals surface area (Å²) in [5, 5.41) is 16.6. The van der Waals surface area contributed by atoms with Crippen LogP contribution in [0.4, 0.5) is 0 Å². The zero-order chi connectivity index (χ0) is 24.5. The van der Waals surface area contributed by atoms with Crippen LogP contribution in [0.3, 0.4) is 0 Å². The van der Waals surface area contributed by atoms with E-state index in [0.717, 1.165) is 43.7 Å². The molecule has 0 bridgehead atoms. The van der Waals surface area contributed by atoms with Crippen LogP contribution in [0.2, 0.25) is 0 Å². The summed E-state index contributed by atoms with van der Waals surface area (Å²) in [6.45, 7) is 1.05. The third-order valence-corrected chi connectivity index (χ3v) is 7.11. The van der Waals surface area contributed by atoms with E-state index in [0.29, 0.717) is 13.1 Å². The number of hydrogen-bond donors (Lipinski definition) is 0. The van der Waals surface area contributed by atoms with Gasteiger partial charge in [-0.3, -0.25) is 14.2 Å². The number of hydrogen-bond acceptors (Lipinski definition) is 5. The zero-order valence-electron chi connectivity index (χ0n) is 19.3. The third kappa shape index (κ3) is 4.78. The van der Waals surface area contributed by atoms with Crippen LogP contribution in [-0.2, 0) is 18.9 Å². The lowest BCUT2D eigenvalue weighted by Crippen LogP contribution is -2.39. The van der Waals surface area contributed by atoms with Crippen molar-refractivity contribution in [3.05, 3.63) is 76.5 Å². The topological polar surface area (TPSA) is 81.7 Å². The SMILES string of the molecule is Cn1cc(-c2ccc(C3=CCN(C(=O)CCl)CC3c3cc(-c4cn(C)nn4)ccc3Br)cc2)nn1. The van der Waals surface area contributed by atoms with Gasteiger partial charge in [-0.15, -0.1) is 21.8 Å². The summed E-state index contributed by atoms with van der Waals surface area (Å²) in [5.74, 6) is -0.167. The van der Waals surface area contributed by atoms with Gasteiger partial charge in [0.2, 0.25) is 5.91 Å². The summed E-state index contributed by atoms with van der Waals surface area (Å²) in [5.41, 5.74) is 6.92. The normalized spacial score (nSPS) is 15.8. The fourth-order valence-electron chi connectivity index (χ4n) is 4.38. The minimum Gasteiger partial charge on any atom is -0.337 e. The van der Waals surface area contributed by atoms with Crippen molar-refractivity contribution in [2.75, 3.05) is 19.0 Å². The Bertz CT molecular complexity index is 1410. The lowest BCUT2D eigenvalue weighted by molar-refractivity contribution is -0.128. The second kappa shape index (κ2) is 9.75. The van der Waals surface area contributed by atoms with Crippen LogP contribution >= 0.6 is 27.5 Å². The molecule has 0 aliphatic carbocycles. The van der Waals surface area contributed by atoms with Crippen molar-refractivity contribution in [2.24, 2.45) is 14.1 Å². The molecular formula is C25H23BrClN7O. The van der Waals surface area contributed by atoms with Crippen molar-refractivity contribution in [3.8, 4) is 22.5 Å². The number of aromatic nitrogens is 6. The highest BCUT2D eigenvalue weighted by Crippen LogP contribution is 2.40. The molecule has 8 nitrogen and oxygen atoms in total. The van der Waals surface area contributed by atoms with E-state index in [1.54, 1.807) is 14.3 Å². The van der Waals surface area contributed by atoms with E-state index in [1.807, 2.05) is 38.6 Å². The Kier molecular flexibility index (Phi) is 6.53. The molecule has 0 fully saturated rings. The van der Waals surface area contributed by atoms with Crippen molar-refractivity contribution >= 4 is 39.0 Å². The van der Waals surface area contributed by atoms with Gasteiger partial charge in [-0.2, -0.15) is 0 Å². The predicted octanol–water partition coefficient (Wildman–Crippen LogP) is 4.29. The number of alkyl halides is 1. The van der Waals surface area contributed by atoms with Gasteiger partial charge >= 0.3 is 0 Å². The smallest absolute Gasteiger partial charge is 0.237 e. The van der Waals surface area contributed by atoms with E-state index in [9.17, 15) is 4.79 Å². The summed E-state index contributed by atoms with van der Waals surface area (Å²) >= 11 is 9.64. The van der Waals surface area contributed by atoms with Gasteiger partial charge in [-0.1, -0.05) is 62.8 Å². The summed E-state index contributed by atoms with van der Waals surface area (Å²) < 4.78 is 4.34. The summed E-state index contributed by atoms with van der Waals surface area (Å²) in [4.78, 5) is 14.3. The van der Waals surface area contributed by atoms with Gasteiger partial charge in [0, 0.05) is 48.7 Å². The Balaban J connectivity index is 1.55. The van der Waals surface area contributed by atoms with Crippen molar-refractivity contribution in [1.29, 1.82) is 0 Å². The van der Waals surface area contributed by atoms with E-state index >= 15 is 0 Å². The van der Waals surface area contributed by atoms with E-state index in [2.05, 4.69) is 73.0 Å². The van der Waals surface area contributed by atoms with E-state index in [-0.39, 0.29) is 17.7 Å². The van der Waals surface area contributed by atoms with E-state index in [1.165, 1.54) is 0 Å². The molecule has 1 atom stereocenters. The number of benzene rings is 2.